The summed E-state index contributed by atoms with van der Waals surface area (Å²) in [6.07, 6.45) is 0. The molecule has 0 saturated carbocycles. The third-order valence-corrected chi connectivity index (χ3v) is 3.06. The predicted octanol–water partition coefficient (Wildman–Crippen LogP) is 1.68. The number of carbonyl (C=O) groups is 1. The van der Waals surface area contributed by atoms with Crippen molar-refractivity contribution in [3.8, 4) is 17.3 Å². The minimum Gasteiger partial charge on any atom is -0.477 e. The van der Waals surface area contributed by atoms with Crippen LogP contribution in [0.3, 0.4) is 0 Å². The van der Waals surface area contributed by atoms with Crippen LogP contribution >= 0.6 is 0 Å². The van der Waals surface area contributed by atoms with Crippen LogP contribution in [0.25, 0.3) is 11.3 Å². The van der Waals surface area contributed by atoms with E-state index in [9.17, 15) is 9.59 Å². The van der Waals surface area contributed by atoms with Crippen molar-refractivity contribution in [2.75, 3.05) is 19.0 Å². The van der Waals surface area contributed by atoms with E-state index >= 15 is 0 Å². The Morgan fingerprint density at radius 3 is 2.38 bits per heavy atom. The fraction of sp³-hybridized carbons (Fsp3) is 0.133. The summed E-state index contributed by atoms with van der Waals surface area (Å²) in [4.78, 5) is 27.1. The standard InChI is InChI=1S/C15H13N3O3/c1-18(2)11-5-3-9(4-6-11)13-10(8-16)7-12(15(20)21)14(19)17-13/h3-7H,1-2H3,(H,17,19)(H,20,21). The van der Waals surface area contributed by atoms with Gasteiger partial charge in [-0.3, -0.25) is 4.79 Å². The average Bonchev–Trinajstić information content (AvgIpc) is 2.46. The Morgan fingerprint density at radius 2 is 1.90 bits per heavy atom. The largest absolute Gasteiger partial charge is 0.477 e. The lowest BCUT2D eigenvalue weighted by Gasteiger charge is -2.13. The molecule has 6 nitrogen and oxygen atoms in total. The first kappa shape index (κ1) is 14.3. The number of nitrogens with one attached hydrogen (secondary N) is 1. The van der Waals surface area contributed by atoms with Crippen molar-refractivity contribution in [2.24, 2.45) is 0 Å². The van der Waals surface area contributed by atoms with Gasteiger partial charge in [-0.05, 0) is 23.8 Å². The number of aromatic amines is 1. The lowest BCUT2D eigenvalue weighted by Crippen LogP contribution is -2.18. The zero-order valence-corrected chi connectivity index (χ0v) is 11.5. The van der Waals surface area contributed by atoms with Gasteiger partial charge in [0.2, 0.25) is 0 Å². The van der Waals surface area contributed by atoms with Gasteiger partial charge in [0.25, 0.3) is 5.56 Å². The summed E-state index contributed by atoms with van der Waals surface area (Å²) >= 11 is 0. The van der Waals surface area contributed by atoms with Gasteiger partial charge in [0.15, 0.2) is 0 Å². The maximum atomic E-state index is 11.7. The van der Waals surface area contributed by atoms with Crippen LogP contribution in [0.4, 0.5) is 5.69 Å². The van der Waals surface area contributed by atoms with Crippen LogP contribution in [0.1, 0.15) is 15.9 Å². The van der Waals surface area contributed by atoms with E-state index in [-0.39, 0.29) is 5.56 Å². The van der Waals surface area contributed by atoms with E-state index in [2.05, 4.69) is 4.98 Å². The molecule has 2 rings (SSSR count). The van der Waals surface area contributed by atoms with Crippen LogP contribution < -0.4 is 10.5 Å². The molecule has 1 aromatic heterocycles. The van der Waals surface area contributed by atoms with E-state index in [1.165, 1.54) is 0 Å². The second-order valence-electron chi connectivity index (χ2n) is 4.66. The van der Waals surface area contributed by atoms with Crippen LogP contribution in [0.2, 0.25) is 0 Å². The molecule has 0 atom stereocenters. The highest BCUT2D eigenvalue weighted by Gasteiger charge is 2.14. The van der Waals surface area contributed by atoms with Crippen molar-refractivity contribution in [3.05, 3.63) is 51.8 Å². The number of anilines is 1. The third kappa shape index (κ3) is 2.77. The van der Waals surface area contributed by atoms with Crippen molar-refractivity contribution in [2.45, 2.75) is 0 Å². The first-order chi connectivity index (χ1) is 9.93. The summed E-state index contributed by atoms with van der Waals surface area (Å²) in [6, 6.07) is 10.2. The second kappa shape index (κ2) is 5.51. The number of carboxylic acids is 1. The molecule has 0 radical (unpaired) electrons. The number of carboxylic acid groups (broad SMARTS) is 1. The van der Waals surface area contributed by atoms with E-state index < -0.39 is 17.1 Å². The van der Waals surface area contributed by atoms with Gasteiger partial charge in [-0.15, -0.1) is 0 Å². The first-order valence-corrected chi connectivity index (χ1v) is 6.12. The van der Waals surface area contributed by atoms with Crippen molar-refractivity contribution in [3.63, 3.8) is 0 Å². The minimum atomic E-state index is -1.36. The number of aromatic carboxylic acids is 1. The molecule has 106 valence electrons. The number of hydrogen-bond donors (Lipinski definition) is 2. The molecule has 0 unspecified atom stereocenters. The SMILES string of the molecule is CN(C)c1ccc(-c2[nH]c(=O)c(C(=O)O)cc2C#N)cc1. The van der Waals surface area contributed by atoms with Gasteiger partial charge in [-0.1, -0.05) is 12.1 Å². The summed E-state index contributed by atoms with van der Waals surface area (Å²) in [7, 11) is 3.80. The summed E-state index contributed by atoms with van der Waals surface area (Å²) < 4.78 is 0. The van der Waals surface area contributed by atoms with Gasteiger partial charge in [0, 0.05) is 19.8 Å². The minimum absolute atomic E-state index is 0.115. The molecule has 0 aliphatic rings. The Bertz CT molecular complexity index is 783. The molecule has 1 heterocycles. The highest BCUT2D eigenvalue weighted by atomic mass is 16.4. The lowest BCUT2D eigenvalue weighted by atomic mass is 10.0. The number of hydrogen-bond acceptors (Lipinski definition) is 4. The average molecular weight is 283 g/mol. The molecule has 0 fully saturated rings. The molecule has 0 amide bonds. The highest BCUT2D eigenvalue weighted by Crippen LogP contribution is 2.23. The molecular weight excluding hydrogens is 270 g/mol. The Labute approximate surface area is 120 Å². The van der Waals surface area contributed by atoms with Gasteiger partial charge >= 0.3 is 5.97 Å². The van der Waals surface area contributed by atoms with Crippen LogP contribution in [0.5, 0.6) is 0 Å². The molecule has 6 heteroatoms. The fourth-order valence-corrected chi connectivity index (χ4v) is 1.93. The number of benzene rings is 1. The molecule has 0 aliphatic heterocycles. The Morgan fingerprint density at radius 1 is 1.29 bits per heavy atom. The molecule has 1 aromatic carbocycles. The summed E-state index contributed by atoms with van der Waals surface area (Å²) in [6.45, 7) is 0. The molecule has 0 aliphatic carbocycles. The van der Waals surface area contributed by atoms with E-state index in [1.807, 2.05) is 37.2 Å². The molecule has 0 bridgehead atoms. The first-order valence-electron chi connectivity index (χ1n) is 6.12. The molecular formula is C15H13N3O3. The van der Waals surface area contributed by atoms with Crippen LogP contribution in [-0.4, -0.2) is 30.2 Å². The van der Waals surface area contributed by atoms with Gasteiger partial charge in [0.1, 0.15) is 11.6 Å². The van der Waals surface area contributed by atoms with Gasteiger partial charge in [-0.25, -0.2) is 4.79 Å². The van der Waals surface area contributed by atoms with Crippen LogP contribution in [0, 0.1) is 11.3 Å². The van der Waals surface area contributed by atoms with Crippen LogP contribution in [-0.2, 0) is 0 Å². The second-order valence-corrected chi connectivity index (χ2v) is 4.66. The number of nitriles is 1. The number of rotatable bonds is 3. The quantitative estimate of drug-likeness (QED) is 0.893. The van der Waals surface area contributed by atoms with E-state index in [0.717, 1.165) is 11.8 Å². The topological polar surface area (TPSA) is 97.2 Å². The van der Waals surface area contributed by atoms with Gasteiger partial charge in [-0.2, -0.15) is 5.26 Å². The molecule has 2 aromatic rings. The van der Waals surface area contributed by atoms with Crippen LogP contribution in [0.15, 0.2) is 35.1 Å². The molecule has 2 N–H and O–H groups in total. The summed E-state index contributed by atoms with van der Waals surface area (Å²) in [5.41, 5.74) is 0.878. The maximum absolute atomic E-state index is 11.7. The van der Waals surface area contributed by atoms with Crippen molar-refractivity contribution >= 4 is 11.7 Å². The summed E-state index contributed by atoms with van der Waals surface area (Å²) in [5.74, 6) is -1.36. The van der Waals surface area contributed by atoms with Crippen molar-refractivity contribution in [1.82, 2.24) is 4.98 Å². The Balaban J connectivity index is 2.59. The van der Waals surface area contributed by atoms with Crippen molar-refractivity contribution in [1.29, 1.82) is 5.26 Å². The molecule has 0 saturated heterocycles. The monoisotopic (exact) mass is 283 g/mol. The van der Waals surface area contributed by atoms with Crippen molar-refractivity contribution < 1.29 is 9.90 Å². The number of aromatic nitrogens is 1. The van der Waals surface area contributed by atoms with E-state index in [1.54, 1.807) is 12.1 Å². The Kier molecular flexibility index (Phi) is 3.76. The number of H-pyrrole nitrogens is 1. The van der Waals surface area contributed by atoms with Gasteiger partial charge in [0.05, 0.1) is 11.3 Å². The smallest absolute Gasteiger partial charge is 0.341 e. The number of nitrogens with zero attached hydrogens (tertiary/aromatic N) is 2. The normalized spacial score (nSPS) is 9.95. The Hall–Kier alpha value is -3.07. The maximum Gasteiger partial charge on any atom is 0.341 e. The highest BCUT2D eigenvalue weighted by molar-refractivity contribution is 5.88. The lowest BCUT2D eigenvalue weighted by molar-refractivity contribution is 0.0695. The van der Waals surface area contributed by atoms with E-state index in [0.29, 0.717) is 11.3 Å². The summed E-state index contributed by atoms with van der Waals surface area (Å²) in [5, 5.41) is 18.1. The van der Waals surface area contributed by atoms with E-state index in [4.69, 9.17) is 10.4 Å². The fourth-order valence-electron chi connectivity index (χ4n) is 1.93. The van der Waals surface area contributed by atoms with Gasteiger partial charge < -0.3 is 15.0 Å². The molecule has 0 spiro atoms. The third-order valence-electron chi connectivity index (χ3n) is 3.06. The zero-order valence-electron chi connectivity index (χ0n) is 11.5. The molecule has 21 heavy (non-hydrogen) atoms. The zero-order chi connectivity index (χ0) is 15.6. The number of pyridine rings is 1. The predicted molar refractivity (Wildman–Crippen MR) is 78.5 cm³/mol.